The van der Waals surface area contributed by atoms with Crippen molar-refractivity contribution in [3.05, 3.63) is 0 Å². The monoisotopic (exact) mass is 540 g/mol. The van der Waals surface area contributed by atoms with Crippen molar-refractivity contribution in [1.82, 2.24) is 0 Å². The zero-order chi connectivity index (χ0) is 3.41. The summed E-state index contributed by atoms with van der Waals surface area (Å²) in [5, 5.41) is 0. The molecule has 0 radical (unpaired) electrons. The van der Waals surface area contributed by atoms with Crippen LogP contribution in [-0.2, 0) is 56.5 Å². The Labute approximate surface area is 75.9 Å². The molecule has 0 amide bonds. The van der Waals surface area contributed by atoms with Crippen molar-refractivity contribution in [3.63, 3.8) is 0 Å². The van der Waals surface area contributed by atoms with Gasteiger partial charge in [-0.3, -0.25) is 0 Å². The molecule has 0 bridgehead atoms. The molecule has 0 rings (SSSR count). The van der Waals surface area contributed by atoms with Crippen molar-refractivity contribution in [1.29, 1.82) is 0 Å². The first-order chi connectivity index (χ1) is 1.91. The molecular formula is Mo2Se2W. The molecule has 0 aliphatic carbocycles. The fourth-order valence-electron chi connectivity index (χ4n) is 0. The standard InChI is InChI=1S/2Mo.Se2.W/c;;1-2;/q2*+1;-2;. The third-order valence-corrected chi connectivity index (χ3v) is 26.2. The largest absolute Gasteiger partial charge is 0 e. The van der Waals surface area contributed by atoms with Crippen molar-refractivity contribution in [2.45, 2.75) is 0 Å². The molecule has 0 saturated carbocycles. The molecule has 0 saturated heterocycles. The molecule has 0 spiro atoms. The van der Waals surface area contributed by atoms with E-state index in [-0.39, 0.29) is 21.1 Å². The van der Waals surface area contributed by atoms with Crippen LogP contribution in [0.15, 0.2) is 0 Å². The molecule has 0 N–H and O–H groups in total. The van der Waals surface area contributed by atoms with Gasteiger partial charge in [0.1, 0.15) is 0 Å². The zero-order valence-corrected chi connectivity index (χ0v) is 12.4. The Hall–Kier alpha value is 3.10. The third kappa shape index (κ3) is 11.0. The Morgan fingerprint density at radius 2 is 1.20 bits per heavy atom. The van der Waals surface area contributed by atoms with E-state index in [9.17, 15) is 0 Å². The minimum absolute atomic E-state index is 0. The Balaban J connectivity index is 0. The summed E-state index contributed by atoms with van der Waals surface area (Å²) in [6.45, 7) is 0. The van der Waals surface area contributed by atoms with Crippen molar-refractivity contribution >= 4 is 21.0 Å². The fourth-order valence-corrected chi connectivity index (χ4v) is 0. The number of rotatable bonds is 1. The summed E-state index contributed by atoms with van der Waals surface area (Å²) >= 11 is 4.43. The first kappa shape index (κ1) is 11.0. The van der Waals surface area contributed by atoms with Crippen LogP contribution in [-0.4, -0.2) is 21.0 Å². The third-order valence-electron chi connectivity index (χ3n) is 0.0278. The van der Waals surface area contributed by atoms with E-state index in [0.29, 0.717) is 0 Å². The quantitative estimate of drug-likeness (QED) is 0.389. The molecular weight excluding hydrogens is 534 g/mol. The molecule has 0 fully saturated rings. The van der Waals surface area contributed by atoms with Gasteiger partial charge in [0.25, 0.3) is 0 Å². The summed E-state index contributed by atoms with van der Waals surface area (Å²) in [7, 11) is 1.99. The van der Waals surface area contributed by atoms with Gasteiger partial charge in [-0.1, -0.05) is 0 Å². The number of hydrogen-bond acceptors (Lipinski definition) is 0. The van der Waals surface area contributed by atoms with E-state index in [1.54, 1.807) is 0 Å². The van der Waals surface area contributed by atoms with Crippen LogP contribution < -0.4 is 0 Å². The van der Waals surface area contributed by atoms with Crippen molar-refractivity contribution in [2.24, 2.45) is 0 Å². The molecule has 0 aromatic heterocycles. The van der Waals surface area contributed by atoms with E-state index < -0.39 is 0 Å². The van der Waals surface area contributed by atoms with Gasteiger partial charge in [-0.25, -0.2) is 0 Å². The van der Waals surface area contributed by atoms with Crippen LogP contribution in [0.2, 0.25) is 0 Å². The van der Waals surface area contributed by atoms with Gasteiger partial charge in [0.05, 0.1) is 0 Å². The van der Waals surface area contributed by atoms with E-state index in [1.165, 1.54) is 0 Å². The summed E-state index contributed by atoms with van der Waals surface area (Å²) in [6.07, 6.45) is 0. The van der Waals surface area contributed by atoms with Crippen LogP contribution in [0, 0.1) is 0 Å². The van der Waals surface area contributed by atoms with E-state index in [1.807, 2.05) is 0 Å². The van der Waals surface area contributed by atoms with Crippen LogP contribution in [0.3, 0.4) is 0 Å². The van der Waals surface area contributed by atoms with E-state index in [4.69, 9.17) is 0 Å². The molecule has 30 valence electrons. The average molecular weight is 534 g/mol. The Bertz CT molecular complexity index is 9.61. The molecule has 5 heavy (non-hydrogen) atoms. The minimum Gasteiger partial charge on any atom is 0 e. The van der Waals surface area contributed by atoms with Crippen LogP contribution in [0.4, 0.5) is 0 Å². The van der Waals surface area contributed by atoms with Gasteiger partial charge < -0.3 is 0 Å². The van der Waals surface area contributed by atoms with Gasteiger partial charge in [-0.2, -0.15) is 0 Å². The molecule has 0 aromatic carbocycles. The van der Waals surface area contributed by atoms with Crippen LogP contribution in [0.25, 0.3) is 0 Å². The molecule has 0 unspecified atom stereocenters. The molecule has 0 nitrogen and oxygen atoms in total. The summed E-state index contributed by atoms with van der Waals surface area (Å²) in [6, 6.07) is 0. The normalized spacial score (nSPS) is 5.60. The predicted molar refractivity (Wildman–Crippen MR) is 11.5 cm³/mol. The molecule has 5 heteroatoms. The smallest absolute Gasteiger partial charge is 0 e. The first-order valence-corrected chi connectivity index (χ1v) is 14.7. The Morgan fingerprint density at radius 3 is 1.20 bits per heavy atom. The van der Waals surface area contributed by atoms with Crippen LogP contribution in [0.5, 0.6) is 0 Å². The van der Waals surface area contributed by atoms with Crippen molar-refractivity contribution in [3.8, 4) is 0 Å². The van der Waals surface area contributed by atoms with Crippen LogP contribution in [0.1, 0.15) is 0 Å². The maximum absolute atomic E-state index is 2.22. The first-order valence-electron chi connectivity index (χ1n) is 0.500. The topological polar surface area (TPSA) is 0 Å². The van der Waals surface area contributed by atoms with Gasteiger partial charge in [0.2, 0.25) is 0 Å². The molecule has 0 aliphatic heterocycles. The SMILES string of the molecule is [Mo][Se][Se][Mo].[W]. The number of hydrogen-bond donors (Lipinski definition) is 0. The fraction of sp³-hybridized carbons (Fsp3) is 0. The molecule has 0 atom stereocenters. The van der Waals surface area contributed by atoms with Crippen molar-refractivity contribution < 1.29 is 56.5 Å². The minimum atomic E-state index is 0. The summed E-state index contributed by atoms with van der Waals surface area (Å²) in [5.74, 6) is 0. The second-order valence-electron chi connectivity index (χ2n) is 0.136. The van der Waals surface area contributed by atoms with Crippen LogP contribution >= 0.6 is 0 Å². The summed E-state index contributed by atoms with van der Waals surface area (Å²) in [5.41, 5.74) is 0. The summed E-state index contributed by atoms with van der Waals surface area (Å²) < 4.78 is 0. The van der Waals surface area contributed by atoms with Gasteiger partial charge in [0.15, 0.2) is 0 Å². The maximum Gasteiger partial charge on any atom is 0 e. The Morgan fingerprint density at radius 1 is 1.00 bits per heavy atom. The Kier molecular flexibility index (Phi) is 22.3. The second kappa shape index (κ2) is 10.2. The summed E-state index contributed by atoms with van der Waals surface area (Å²) in [4.78, 5) is 0. The van der Waals surface area contributed by atoms with Gasteiger partial charge >= 0.3 is 56.5 Å². The van der Waals surface area contributed by atoms with Gasteiger partial charge in [-0.15, -0.1) is 0 Å². The van der Waals surface area contributed by atoms with E-state index in [2.05, 4.69) is 35.5 Å². The van der Waals surface area contributed by atoms with E-state index in [0.717, 1.165) is 21.0 Å². The molecule has 0 heterocycles. The maximum atomic E-state index is 2.22. The van der Waals surface area contributed by atoms with Gasteiger partial charge in [0, 0.05) is 21.1 Å². The van der Waals surface area contributed by atoms with E-state index >= 15 is 0 Å². The molecule has 0 aromatic rings. The van der Waals surface area contributed by atoms with Crippen molar-refractivity contribution in [2.75, 3.05) is 0 Å². The second-order valence-corrected chi connectivity index (χ2v) is 21.7. The van der Waals surface area contributed by atoms with Gasteiger partial charge in [-0.05, 0) is 0 Å². The molecule has 0 aliphatic rings. The average Bonchev–Trinajstić information content (AvgIpc) is 1.37. The zero-order valence-electron chi connectivity index (χ0n) is 2.04. The predicted octanol–water partition coefficient (Wildman–Crippen LogP) is -0.769.